The van der Waals surface area contributed by atoms with Crippen LogP contribution in [0, 0.1) is 0 Å². The molecule has 0 radical (unpaired) electrons. The van der Waals surface area contributed by atoms with Crippen LogP contribution in [-0.2, 0) is 13.1 Å². The SMILES string of the molecule is CCC1CN(Cc2ccccc2CN)CCS1. The highest BCUT2D eigenvalue weighted by molar-refractivity contribution is 8.00. The van der Waals surface area contributed by atoms with Crippen molar-refractivity contribution in [3.63, 3.8) is 0 Å². The molecule has 1 aliphatic heterocycles. The van der Waals surface area contributed by atoms with Gasteiger partial charge in [0.05, 0.1) is 0 Å². The molecule has 1 aromatic carbocycles. The lowest BCUT2D eigenvalue weighted by atomic mass is 10.1. The molecule has 0 aromatic heterocycles. The average molecular weight is 250 g/mol. The van der Waals surface area contributed by atoms with Gasteiger partial charge in [0.25, 0.3) is 0 Å². The van der Waals surface area contributed by atoms with Gasteiger partial charge < -0.3 is 5.73 Å². The molecular weight excluding hydrogens is 228 g/mol. The van der Waals surface area contributed by atoms with Crippen LogP contribution in [0.25, 0.3) is 0 Å². The van der Waals surface area contributed by atoms with Crippen molar-refractivity contribution in [2.45, 2.75) is 31.7 Å². The number of benzene rings is 1. The molecule has 0 saturated carbocycles. The molecule has 2 rings (SSSR count). The van der Waals surface area contributed by atoms with E-state index in [1.807, 2.05) is 0 Å². The fourth-order valence-electron chi connectivity index (χ4n) is 2.32. The minimum Gasteiger partial charge on any atom is -0.326 e. The van der Waals surface area contributed by atoms with Crippen LogP contribution in [0.4, 0.5) is 0 Å². The highest BCUT2D eigenvalue weighted by Crippen LogP contribution is 2.23. The average Bonchev–Trinajstić information content (AvgIpc) is 2.39. The molecule has 1 heterocycles. The molecule has 1 atom stereocenters. The zero-order chi connectivity index (χ0) is 12.1. The van der Waals surface area contributed by atoms with E-state index in [-0.39, 0.29) is 0 Å². The maximum atomic E-state index is 5.79. The molecule has 0 aliphatic carbocycles. The third-order valence-electron chi connectivity index (χ3n) is 3.41. The van der Waals surface area contributed by atoms with Crippen LogP contribution in [0.5, 0.6) is 0 Å². The summed E-state index contributed by atoms with van der Waals surface area (Å²) in [6, 6.07) is 8.55. The van der Waals surface area contributed by atoms with Crippen molar-refractivity contribution in [1.82, 2.24) is 4.90 Å². The first-order valence-electron chi connectivity index (χ1n) is 6.44. The monoisotopic (exact) mass is 250 g/mol. The number of nitrogens with zero attached hydrogens (tertiary/aromatic N) is 1. The molecule has 1 fully saturated rings. The second kappa shape index (κ2) is 6.43. The zero-order valence-corrected chi connectivity index (χ0v) is 11.4. The Balaban J connectivity index is 2.00. The van der Waals surface area contributed by atoms with Gasteiger partial charge in [0.1, 0.15) is 0 Å². The molecule has 0 bridgehead atoms. The fraction of sp³-hybridized carbons (Fsp3) is 0.571. The molecular formula is C14H22N2S. The summed E-state index contributed by atoms with van der Waals surface area (Å²) in [4.78, 5) is 2.57. The number of thioether (sulfide) groups is 1. The summed E-state index contributed by atoms with van der Waals surface area (Å²) in [6.45, 7) is 6.43. The quantitative estimate of drug-likeness (QED) is 0.890. The van der Waals surface area contributed by atoms with E-state index in [9.17, 15) is 0 Å². The van der Waals surface area contributed by atoms with Crippen molar-refractivity contribution in [2.24, 2.45) is 5.73 Å². The number of rotatable bonds is 4. The largest absolute Gasteiger partial charge is 0.326 e. The Morgan fingerprint density at radius 3 is 2.82 bits per heavy atom. The van der Waals surface area contributed by atoms with E-state index in [4.69, 9.17) is 5.73 Å². The van der Waals surface area contributed by atoms with E-state index in [2.05, 4.69) is 47.9 Å². The molecule has 3 heteroatoms. The highest BCUT2D eigenvalue weighted by atomic mass is 32.2. The second-order valence-corrected chi connectivity index (χ2v) is 6.02. The summed E-state index contributed by atoms with van der Waals surface area (Å²) in [7, 11) is 0. The van der Waals surface area contributed by atoms with Gasteiger partial charge >= 0.3 is 0 Å². The van der Waals surface area contributed by atoms with Crippen LogP contribution >= 0.6 is 11.8 Å². The molecule has 1 saturated heterocycles. The summed E-state index contributed by atoms with van der Waals surface area (Å²) in [5.41, 5.74) is 8.48. The number of hydrogen-bond donors (Lipinski definition) is 1. The van der Waals surface area contributed by atoms with Crippen LogP contribution in [0.3, 0.4) is 0 Å². The van der Waals surface area contributed by atoms with Gasteiger partial charge in [-0.15, -0.1) is 0 Å². The zero-order valence-electron chi connectivity index (χ0n) is 10.6. The molecule has 2 nitrogen and oxygen atoms in total. The van der Waals surface area contributed by atoms with Crippen molar-refractivity contribution in [3.8, 4) is 0 Å². The third kappa shape index (κ3) is 3.47. The topological polar surface area (TPSA) is 29.3 Å². The standard InChI is InChI=1S/C14H22N2S/c1-2-14-11-16(7-8-17-14)10-13-6-4-3-5-12(13)9-15/h3-6,14H,2,7-11,15H2,1H3. The number of nitrogens with two attached hydrogens (primary N) is 1. The Kier molecular flexibility index (Phi) is 4.89. The summed E-state index contributed by atoms with van der Waals surface area (Å²) >= 11 is 2.12. The summed E-state index contributed by atoms with van der Waals surface area (Å²) in [5, 5.41) is 0.814. The van der Waals surface area contributed by atoms with Crippen LogP contribution in [-0.4, -0.2) is 29.0 Å². The van der Waals surface area contributed by atoms with Gasteiger partial charge in [-0.25, -0.2) is 0 Å². The van der Waals surface area contributed by atoms with Gasteiger partial charge in [-0.1, -0.05) is 31.2 Å². The predicted molar refractivity (Wildman–Crippen MR) is 76.1 cm³/mol. The van der Waals surface area contributed by atoms with Crippen molar-refractivity contribution >= 4 is 11.8 Å². The molecule has 2 N–H and O–H groups in total. The predicted octanol–water partition coefficient (Wildman–Crippen LogP) is 2.47. The molecule has 1 aromatic rings. The maximum Gasteiger partial charge on any atom is 0.0237 e. The molecule has 1 unspecified atom stereocenters. The van der Waals surface area contributed by atoms with Crippen molar-refractivity contribution in [2.75, 3.05) is 18.8 Å². The van der Waals surface area contributed by atoms with E-state index in [0.717, 1.165) is 11.8 Å². The fourth-order valence-corrected chi connectivity index (χ4v) is 3.57. The Hall–Kier alpha value is -0.510. The minimum absolute atomic E-state index is 0.649. The summed E-state index contributed by atoms with van der Waals surface area (Å²) in [5.74, 6) is 1.27. The second-order valence-electron chi connectivity index (χ2n) is 4.61. The van der Waals surface area contributed by atoms with Crippen LogP contribution in [0.2, 0.25) is 0 Å². The van der Waals surface area contributed by atoms with Gasteiger partial charge in [-0.05, 0) is 17.5 Å². The van der Waals surface area contributed by atoms with Gasteiger partial charge in [-0.3, -0.25) is 4.90 Å². The van der Waals surface area contributed by atoms with E-state index in [1.54, 1.807) is 0 Å². The Bertz CT molecular complexity index is 354. The lowest BCUT2D eigenvalue weighted by Gasteiger charge is -2.32. The highest BCUT2D eigenvalue weighted by Gasteiger charge is 2.19. The summed E-state index contributed by atoms with van der Waals surface area (Å²) < 4.78 is 0. The molecule has 0 spiro atoms. The third-order valence-corrected chi connectivity index (χ3v) is 4.78. The first-order valence-corrected chi connectivity index (χ1v) is 7.49. The lowest BCUT2D eigenvalue weighted by molar-refractivity contribution is 0.272. The van der Waals surface area contributed by atoms with Crippen molar-refractivity contribution in [3.05, 3.63) is 35.4 Å². The first-order chi connectivity index (χ1) is 8.33. The maximum absolute atomic E-state index is 5.79. The summed E-state index contributed by atoms with van der Waals surface area (Å²) in [6.07, 6.45) is 1.28. The molecule has 94 valence electrons. The van der Waals surface area contributed by atoms with Gasteiger partial charge in [0, 0.05) is 37.2 Å². The van der Waals surface area contributed by atoms with Crippen LogP contribution < -0.4 is 5.73 Å². The Morgan fingerprint density at radius 2 is 2.12 bits per heavy atom. The Labute approximate surface area is 109 Å². The van der Waals surface area contributed by atoms with E-state index in [1.165, 1.54) is 36.4 Å². The normalized spacial score (nSPS) is 21.6. The van der Waals surface area contributed by atoms with Gasteiger partial charge in [-0.2, -0.15) is 11.8 Å². The van der Waals surface area contributed by atoms with Crippen molar-refractivity contribution in [1.29, 1.82) is 0 Å². The lowest BCUT2D eigenvalue weighted by Crippen LogP contribution is -2.37. The van der Waals surface area contributed by atoms with Crippen molar-refractivity contribution < 1.29 is 0 Å². The first kappa shape index (κ1) is 12.9. The molecule has 17 heavy (non-hydrogen) atoms. The van der Waals surface area contributed by atoms with E-state index < -0.39 is 0 Å². The van der Waals surface area contributed by atoms with Crippen LogP contribution in [0.1, 0.15) is 24.5 Å². The smallest absolute Gasteiger partial charge is 0.0237 e. The van der Waals surface area contributed by atoms with Gasteiger partial charge in [0.15, 0.2) is 0 Å². The van der Waals surface area contributed by atoms with Gasteiger partial charge in [0.2, 0.25) is 0 Å². The number of hydrogen-bond acceptors (Lipinski definition) is 3. The van der Waals surface area contributed by atoms with Crippen LogP contribution in [0.15, 0.2) is 24.3 Å². The minimum atomic E-state index is 0.649. The van der Waals surface area contributed by atoms with E-state index in [0.29, 0.717) is 6.54 Å². The molecule has 1 aliphatic rings. The molecule has 0 amide bonds. The Morgan fingerprint density at radius 1 is 1.35 bits per heavy atom. The van der Waals surface area contributed by atoms with E-state index >= 15 is 0 Å².